The van der Waals surface area contributed by atoms with E-state index < -0.39 is 0 Å². The van der Waals surface area contributed by atoms with Gasteiger partial charge in [0.05, 0.1) is 6.10 Å². The molecule has 22 heavy (non-hydrogen) atoms. The zero-order valence-corrected chi connectivity index (χ0v) is 13.3. The van der Waals surface area contributed by atoms with Crippen molar-refractivity contribution < 1.29 is 5.11 Å². The smallest absolute Gasteiger partial charge is 0.0841 e. The second-order valence-corrected chi connectivity index (χ2v) is 6.39. The molecule has 1 N–H and O–H groups in total. The zero-order valence-electron chi connectivity index (χ0n) is 13.3. The highest BCUT2D eigenvalue weighted by Crippen LogP contribution is 2.19. The van der Waals surface area contributed by atoms with Gasteiger partial charge in [-0.15, -0.1) is 0 Å². The van der Waals surface area contributed by atoms with Crippen LogP contribution in [0, 0.1) is 0 Å². The van der Waals surface area contributed by atoms with Gasteiger partial charge < -0.3 is 14.9 Å². The van der Waals surface area contributed by atoms with Crippen LogP contribution in [0.5, 0.6) is 0 Å². The maximum Gasteiger partial charge on any atom is 0.0841 e. The van der Waals surface area contributed by atoms with Gasteiger partial charge in [-0.2, -0.15) is 0 Å². The van der Waals surface area contributed by atoms with E-state index in [2.05, 4.69) is 51.6 Å². The van der Waals surface area contributed by atoms with Gasteiger partial charge in [0, 0.05) is 57.2 Å². The fraction of sp³-hybridized carbons (Fsp3) is 0.556. The van der Waals surface area contributed by atoms with Crippen LogP contribution in [0.2, 0.25) is 0 Å². The number of hydrogen-bond donors (Lipinski definition) is 1. The number of anilines is 1. The number of likely N-dealkylation sites (tertiary alicyclic amines) is 1. The highest BCUT2D eigenvalue weighted by molar-refractivity contribution is 5.46. The average molecular weight is 301 g/mol. The molecule has 0 aromatic heterocycles. The van der Waals surface area contributed by atoms with Gasteiger partial charge >= 0.3 is 0 Å². The fourth-order valence-electron chi connectivity index (χ4n) is 3.45. The normalized spacial score (nSPS) is 21.4. The SMILES string of the molecule is C=C1CCCN1CC(O)CN1CCN(c2ccccc2)CC1. The molecule has 0 spiro atoms. The molecule has 4 nitrogen and oxygen atoms in total. The molecule has 3 rings (SSSR count). The monoisotopic (exact) mass is 301 g/mol. The number of benzene rings is 1. The first-order chi connectivity index (χ1) is 10.7. The van der Waals surface area contributed by atoms with Crippen LogP contribution in [-0.4, -0.2) is 66.8 Å². The van der Waals surface area contributed by atoms with Crippen LogP contribution in [0.3, 0.4) is 0 Å². The van der Waals surface area contributed by atoms with Crippen molar-refractivity contribution in [2.24, 2.45) is 0 Å². The Hall–Kier alpha value is -1.52. The van der Waals surface area contributed by atoms with E-state index >= 15 is 0 Å². The minimum Gasteiger partial charge on any atom is -0.390 e. The minimum atomic E-state index is -0.280. The van der Waals surface area contributed by atoms with Gasteiger partial charge in [0.1, 0.15) is 0 Å². The molecule has 2 fully saturated rings. The van der Waals surface area contributed by atoms with E-state index in [1.807, 2.05) is 0 Å². The van der Waals surface area contributed by atoms with E-state index in [-0.39, 0.29) is 6.10 Å². The molecule has 120 valence electrons. The predicted octanol–water partition coefficient (Wildman–Crippen LogP) is 1.78. The van der Waals surface area contributed by atoms with Crippen LogP contribution in [-0.2, 0) is 0 Å². The summed E-state index contributed by atoms with van der Waals surface area (Å²) >= 11 is 0. The first-order valence-electron chi connectivity index (χ1n) is 8.35. The molecule has 1 atom stereocenters. The number of β-amino-alcohol motifs (C(OH)–C–C–N with tert-alkyl or cyclic N) is 1. The van der Waals surface area contributed by atoms with Crippen LogP contribution in [0.4, 0.5) is 5.69 Å². The second-order valence-electron chi connectivity index (χ2n) is 6.39. The van der Waals surface area contributed by atoms with Crippen molar-refractivity contribution in [3.63, 3.8) is 0 Å². The van der Waals surface area contributed by atoms with E-state index in [0.29, 0.717) is 0 Å². The molecule has 0 bridgehead atoms. The van der Waals surface area contributed by atoms with Gasteiger partial charge in [-0.25, -0.2) is 0 Å². The maximum absolute atomic E-state index is 10.3. The Labute approximate surface area is 133 Å². The van der Waals surface area contributed by atoms with E-state index in [1.165, 1.54) is 17.8 Å². The summed E-state index contributed by atoms with van der Waals surface area (Å²) in [7, 11) is 0. The molecule has 2 heterocycles. The number of hydrogen-bond acceptors (Lipinski definition) is 4. The van der Waals surface area contributed by atoms with Crippen LogP contribution >= 0.6 is 0 Å². The average Bonchev–Trinajstić information content (AvgIpc) is 2.94. The van der Waals surface area contributed by atoms with Crippen LogP contribution in [0.25, 0.3) is 0 Å². The van der Waals surface area contributed by atoms with Crippen LogP contribution in [0.15, 0.2) is 42.6 Å². The summed E-state index contributed by atoms with van der Waals surface area (Å²) in [6, 6.07) is 10.6. The Bertz CT molecular complexity index is 482. The van der Waals surface area contributed by atoms with Crippen molar-refractivity contribution in [3.8, 4) is 0 Å². The molecule has 1 aromatic rings. The van der Waals surface area contributed by atoms with Crippen molar-refractivity contribution in [1.29, 1.82) is 0 Å². The van der Waals surface area contributed by atoms with Crippen molar-refractivity contribution in [1.82, 2.24) is 9.80 Å². The maximum atomic E-state index is 10.3. The fourth-order valence-corrected chi connectivity index (χ4v) is 3.45. The Morgan fingerprint density at radius 1 is 1.00 bits per heavy atom. The molecule has 2 aliphatic heterocycles. The topological polar surface area (TPSA) is 30.0 Å². The molecular weight excluding hydrogens is 274 g/mol. The number of aliphatic hydroxyl groups is 1. The highest BCUT2D eigenvalue weighted by atomic mass is 16.3. The highest BCUT2D eigenvalue weighted by Gasteiger charge is 2.22. The van der Waals surface area contributed by atoms with Gasteiger partial charge in [-0.05, 0) is 25.0 Å². The molecule has 0 amide bonds. The van der Waals surface area contributed by atoms with Crippen molar-refractivity contribution in [2.45, 2.75) is 18.9 Å². The number of para-hydroxylation sites is 1. The largest absolute Gasteiger partial charge is 0.390 e. The van der Waals surface area contributed by atoms with E-state index in [1.54, 1.807) is 0 Å². The first kappa shape index (κ1) is 15.4. The lowest BCUT2D eigenvalue weighted by atomic mass is 10.2. The zero-order chi connectivity index (χ0) is 15.4. The summed E-state index contributed by atoms with van der Waals surface area (Å²) < 4.78 is 0. The lowest BCUT2D eigenvalue weighted by molar-refractivity contribution is 0.0855. The number of piperazine rings is 1. The number of aliphatic hydroxyl groups excluding tert-OH is 1. The molecule has 2 aliphatic rings. The third-order valence-electron chi connectivity index (χ3n) is 4.73. The van der Waals surface area contributed by atoms with Gasteiger partial charge in [0.15, 0.2) is 0 Å². The van der Waals surface area contributed by atoms with Gasteiger partial charge in [-0.3, -0.25) is 4.90 Å². The molecule has 2 saturated heterocycles. The number of rotatable bonds is 5. The van der Waals surface area contributed by atoms with Crippen molar-refractivity contribution >= 4 is 5.69 Å². The van der Waals surface area contributed by atoms with E-state index in [0.717, 1.165) is 52.2 Å². The molecule has 4 heteroatoms. The molecule has 0 radical (unpaired) electrons. The Morgan fingerprint density at radius 3 is 2.36 bits per heavy atom. The Morgan fingerprint density at radius 2 is 1.73 bits per heavy atom. The summed E-state index contributed by atoms with van der Waals surface area (Å²) in [5.41, 5.74) is 2.49. The molecule has 1 unspecified atom stereocenters. The molecule has 1 aromatic carbocycles. The van der Waals surface area contributed by atoms with Crippen molar-refractivity contribution in [3.05, 3.63) is 42.6 Å². The lowest BCUT2D eigenvalue weighted by Gasteiger charge is -2.37. The summed E-state index contributed by atoms with van der Waals surface area (Å²) in [4.78, 5) is 7.04. The van der Waals surface area contributed by atoms with Gasteiger partial charge in [0.2, 0.25) is 0 Å². The summed E-state index contributed by atoms with van der Waals surface area (Å²) in [6.07, 6.45) is 1.99. The molecule has 0 saturated carbocycles. The van der Waals surface area contributed by atoms with Gasteiger partial charge in [0.25, 0.3) is 0 Å². The second kappa shape index (κ2) is 7.16. The Kier molecular flexibility index (Phi) is 5.01. The predicted molar refractivity (Wildman–Crippen MR) is 91.0 cm³/mol. The van der Waals surface area contributed by atoms with Crippen LogP contribution < -0.4 is 4.90 Å². The van der Waals surface area contributed by atoms with E-state index in [9.17, 15) is 5.11 Å². The number of allylic oxidation sites excluding steroid dienone is 1. The minimum absolute atomic E-state index is 0.280. The first-order valence-corrected chi connectivity index (χ1v) is 8.35. The van der Waals surface area contributed by atoms with Crippen LogP contribution in [0.1, 0.15) is 12.8 Å². The standard InChI is InChI=1S/C18H27N3O/c1-16-6-5-9-21(16)15-18(22)14-19-10-12-20(13-11-19)17-7-3-2-4-8-17/h2-4,7-8,18,22H,1,5-6,9-15H2. The lowest BCUT2D eigenvalue weighted by Crippen LogP contribution is -2.49. The molecule has 0 aliphatic carbocycles. The quantitative estimate of drug-likeness (QED) is 0.898. The third kappa shape index (κ3) is 3.81. The Balaban J connectivity index is 1.42. The summed E-state index contributed by atoms with van der Waals surface area (Å²) in [5, 5.41) is 10.3. The third-order valence-corrected chi connectivity index (χ3v) is 4.73. The van der Waals surface area contributed by atoms with Crippen molar-refractivity contribution in [2.75, 3.05) is 50.7 Å². The van der Waals surface area contributed by atoms with Gasteiger partial charge in [-0.1, -0.05) is 24.8 Å². The number of nitrogens with zero attached hydrogens (tertiary/aromatic N) is 3. The summed E-state index contributed by atoms with van der Waals surface area (Å²) in [5.74, 6) is 0. The molecular formula is C18H27N3O. The summed E-state index contributed by atoms with van der Waals surface area (Å²) in [6.45, 7) is 10.7. The van der Waals surface area contributed by atoms with E-state index in [4.69, 9.17) is 0 Å².